The maximum absolute atomic E-state index is 10.9. The molecule has 0 amide bonds. The van der Waals surface area contributed by atoms with E-state index in [0.29, 0.717) is 12.3 Å². The molecule has 0 spiro atoms. The van der Waals surface area contributed by atoms with Crippen LogP contribution in [0.5, 0.6) is 0 Å². The number of hydrogen-bond acceptors (Lipinski definition) is 3. The van der Waals surface area contributed by atoms with E-state index in [2.05, 4.69) is 5.32 Å². The quantitative estimate of drug-likeness (QED) is 0.717. The molecule has 13 heavy (non-hydrogen) atoms. The largest absolute Gasteiger partial charge is 0.533 e. The van der Waals surface area contributed by atoms with Gasteiger partial charge < -0.3 is 4.42 Å². The minimum Gasteiger partial charge on any atom is -0.463 e. The number of rotatable bonds is 5. The highest BCUT2D eigenvalue weighted by molar-refractivity contribution is 7.38. The van der Waals surface area contributed by atoms with Gasteiger partial charge in [0.1, 0.15) is 0 Å². The molecular weight excluding hydrogens is 189 g/mol. The zero-order valence-corrected chi connectivity index (χ0v) is 8.33. The Balaban J connectivity index is 2.63. The Morgan fingerprint density at radius 3 is 3.00 bits per heavy atom. The lowest BCUT2D eigenvalue weighted by molar-refractivity contribution is 0.430. The molecule has 0 saturated carbocycles. The van der Waals surface area contributed by atoms with Crippen LogP contribution in [0.3, 0.4) is 0 Å². The third-order valence-corrected chi connectivity index (χ3v) is 2.50. The summed E-state index contributed by atoms with van der Waals surface area (Å²) in [7, 11) is -2.28. The highest BCUT2D eigenvalue weighted by Gasteiger charge is 2.32. The Morgan fingerprint density at radius 2 is 2.54 bits per heavy atom. The topological polar surface area (TPSA) is 62.5 Å². The van der Waals surface area contributed by atoms with Gasteiger partial charge in [-0.2, -0.15) is 4.89 Å². The first kappa shape index (κ1) is 10.4. The molecule has 2 unspecified atom stereocenters. The summed E-state index contributed by atoms with van der Waals surface area (Å²) in [5, 5.41) is 2.94. The van der Waals surface area contributed by atoms with Crippen LogP contribution >= 0.6 is 8.03 Å². The Hall–Kier alpha value is -0.700. The van der Waals surface area contributed by atoms with E-state index in [4.69, 9.17) is 9.31 Å². The van der Waals surface area contributed by atoms with Crippen LogP contribution in [0.2, 0.25) is 0 Å². The third kappa shape index (κ3) is 2.92. The highest BCUT2D eigenvalue weighted by Crippen LogP contribution is 2.34. The number of hydrogen-bond donors (Lipinski definition) is 2. The van der Waals surface area contributed by atoms with Crippen molar-refractivity contribution in [3.63, 3.8) is 0 Å². The zero-order chi connectivity index (χ0) is 9.68. The minimum atomic E-state index is -2.28. The van der Waals surface area contributed by atoms with Crippen molar-refractivity contribution in [3.05, 3.63) is 24.2 Å². The Kier molecular flexibility index (Phi) is 4.09. The van der Waals surface area contributed by atoms with E-state index >= 15 is 0 Å². The second-order valence-corrected chi connectivity index (χ2v) is 3.80. The minimum absolute atomic E-state index is 0.511. The summed E-state index contributed by atoms with van der Waals surface area (Å²) in [4.78, 5) is 9.00. The fourth-order valence-corrected chi connectivity index (χ4v) is 1.67. The van der Waals surface area contributed by atoms with Gasteiger partial charge >= 0.3 is 8.03 Å². The fraction of sp³-hybridized carbons (Fsp3) is 0.500. The predicted octanol–water partition coefficient (Wildman–Crippen LogP) is 2.01. The lowest BCUT2D eigenvalue weighted by atomic mass is 10.4. The van der Waals surface area contributed by atoms with Gasteiger partial charge in [0.25, 0.3) is 5.78 Å². The lowest BCUT2D eigenvalue weighted by Crippen LogP contribution is -2.18. The molecule has 0 aliphatic heterocycles. The second kappa shape index (κ2) is 5.12. The Morgan fingerprint density at radius 1 is 1.77 bits per heavy atom. The Bertz CT molecular complexity index is 260. The summed E-state index contributed by atoms with van der Waals surface area (Å²) in [5.41, 5.74) is 0. The molecule has 0 bridgehead atoms. The average Bonchev–Trinajstić information content (AvgIpc) is 2.57. The summed E-state index contributed by atoms with van der Waals surface area (Å²) in [6.45, 7) is 2.70. The van der Waals surface area contributed by atoms with E-state index in [1.807, 2.05) is 6.92 Å². The summed E-state index contributed by atoms with van der Waals surface area (Å²) in [6, 6.07) is 3.39. The van der Waals surface area contributed by atoms with Crippen molar-refractivity contribution in [1.29, 1.82) is 0 Å². The van der Waals surface area contributed by atoms with Crippen LogP contribution in [0.25, 0.3) is 0 Å². The molecule has 0 saturated heterocycles. The van der Waals surface area contributed by atoms with Crippen LogP contribution in [0.4, 0.5) is 0 Å². The summed E-state index contributed by atoms with van der Waals surface area (Å²) in [5.74, 6) is -0.0676. The van der Waals surface area contributed by atoms with Gasteiger partial charge in [0, 0.05) is 0 Å². The summed E-state index contributed by atoms with van der Waals surface area (Å²) < 4.78 is 16.0. The molecule has 1 aromatic rings. The summed E-state index contributed by atoms with van der Waals surface area (Å²) in [6.07, 6.45) is 2.41. The van der Waals surface area contributed by atoms with Crippen molar-refractivity contribution in [1.82, 2.24) is 5.32 Å². The SMILES string of the molecule is CCCNC(c1ccco1)[P+](=O)O. The van der Waals surface area contributed by atoms with Gasteiger partial charge in [-0.1, -0.05) is 6.92 Å². The van der Waals surface area contributed by atoms with Crippen LogP contribution < -0.4 is 5.32 Å². The molecule has 0 aliphatic carbocycles. The van der Waals surface area contributed by atoms with E-state index in [-0.39, 0.29) is 0 Å². The van der Waals surface area contributed by atoms with Crippen molar-refractivity contribution < 1.29 is 13.9 Å². The van der Waals surface area contributed by atoms with E-state index in [9.17, 15) is 4.57 Å². The molecule has 72 valence electrons. The van der Waals surface area contributed by atoms with Gasteiger partial charge in [-0.25, -0.2) is 0 Å². The molecule has 4 nitrogen and oxygen atoms in total. The van der Waals surface area contributed by atoms with Gasteiger partial charge in [-0.15, -0.1) is 0 Å². The van der Waals surface area contributed by atoms with Crippen molar-refractivity contribution in [2.75, 3.05) is 6.54 Å². The van der Waals surface area contributed by atoms with Gasteiger partial charge in [-0.3, -0.25) is 5.32 Å². The maximum Gasteiger partial charge on any atom is 0.533 e. The van der Waals surface area contributed by atoms with Crippen LogP contribution in [-0.2, 0) is 4.57 Å². The first-order chi connectivity index (χ1) is 6.25. The van der Waals surface area contributed by atoms with E-state index in [1.165, 1.54) is 6.26 Å². The van der Waals surface area contributed by atoms with Gasteiger partial charge in [0.15, 0.2) is 5.76 Å². The molecule has 2 N–H and O–H groups in total. The standard InChI is InChI=1S/C8H12NO3P/c1-2-5-9-8(13(10)11)7-4-3-6-12-7/h3-4,6,8-9H,2,5H2,1H3/p+1. The monoisotopic (exact) mass is 202 g/mol. The van der Waals surface area contributed by atoms with Gasteiger partial charge in [0.2, 0.25) is 0 Å². The van der Waals surface area contributed by atoms with E-state index in [0.717, 1.165) is 6.42 Å². The van der Waals surface area contributed by atoms with Crippen LogP contribution in [0.1, 0.15) is 24.9 Å². The van der Waals surface area contributed by atoms with Crippen LogP contribution in [0, 0.1) is 0 Å². The third-order valence-electron chi connectivity index (χ3n) is 1.62. The van der Waals surface area contributed by atoms with Gasteiger partial charge in [0.05, 0.1) is 6.26 Å². The van der Waals surface area contributed by atoms with E-state index < -0.39 is 13.8 Å². The number of nitrogens with one attached hydrogen (secondary N) is 1. The lowest BCUT2D eigenvalue weighted by Gasteiger charge is -2.02. The molecule has 1 aromatic heterocycles. The summed E-state index contributed by atoms with van der Waals surface area (Å²) >= 11 is 0. The molecule has 0 aliphatic rings. The van der Waals surface area contributed by atoms with E-state index in [1.54, 1.807) is 12.1 Å². The van der Waals surface area contributed by atoms with Crippen molar-refractivity contribution in [2.24, 2.45) is 0 Å². The molecule has 0 radical (unpaired) electrons. The molecular formula is C8H13NO3P+. The van der Waals surface area contributed by atoms with Crippen molar-refractivity contribution in [3.8, 4) is 0 Å². The van der Waals surface area contributed by atoms with Crippen LogP contribution in [-0.4, -0.2) is 11.4 Å². The average molecular weight is 202 g/mol. The molecule has 2 atom stereocenters. The highest BCUT2D eigenvalue weighted by atomic mass is 31.1. The first-order valence-electron chi connectivity index (χ1n) is 4.17. The zero-order valence-electron chi connectivity index (χ0n) is 7.43. The number of furan rings is 1. The first-order valence-corrected chi connectivity index (χ1v) is 5.46. The van der Waals surface area contributed by atoms with Gasteiger partial charge in [-0.05, 0) is 29.7 Å². The molecule has 1 rings (SSSR count). The molecule has 1 heterocycles. The van der Waals surface area contributed by atoms with Crippen molar-refractivity contribution in [2.45, 2.75) is 19.1 Å². The molecule has 5 heteroatoms. The van der Waals surface area contributed by atoms with Crippen LogP contribution in [0.15, 0.2) is 22.8 Å². The fourth-order valence-electron chi connectivity index (χ4n) is 1.02. The Labute approximate surface area is 77.8 Å². The maximum atomic E-state index is 10.9. The normalized spacial score (nSPS) is 14.2. The second-order valence-electron chi connectivity index (χ2n) is 2.67. The van der Waals surface area contributed by atoms with Crippen molar-refractivity contribution >= 4 is 8.03 Å². The predicted molar refractivity (Wildman–Crippen MR) is 49.6 cm³/mol. The molecule has 0 aromatic carbocycles. The smallest absolute Gasteiger partial charge is 0.463 e. The molecule has 0 fully saturated rings.